The SMILES string of the molecule is C/C=C\NC.C=CC=C/C=C\O. The Morgan fingerprint density at radius 3 is 2.17 bits per heavy atom. The minimum absolute atomic E-state index is 0.972. The molecule has 0 unspecified atom stereocenters. The molecule has 12 heavy (non-hydrogen) atoms. The van der Waals surface area contributed by atoms with Gasteiger partial charge in [-0.15, -0.1) is 0 Å². The summed E-state index contributed by atoms with van der Waals surface area (Å²) in [7, 11) is 1.88. The summed E-state index contributed by atoms with van der Waals surface area (Å²) >= 11 is 0. The molecule has 0 aliphatic rings. The summed E-state index contributed by atoms with van der Waals surface area (Å²) in [5, 5.41) is 10.9. The number of rotatable bonds is 3. The van der Waals surface area contributed by atoms with Crippen molar-refractivity contribution in [3.05, 3.63) is 49.4 Å². The van der Waals surface area contributed by atoms with E-state index in [1.807, 2.05) is 26.2 Å². The molecule has 0 fully saturated rings. The van der Waals surface area contributed by atoms with E-state index in [0.29, 0.717) is 0 Å². The van der Waals surface area contributed by atoms with Crippen LogP contribution in [0.15, 0.2) is 49.4 Å². The van der Waals surface area contributed by atoms with Gasteiger partial charge in [-0.1, -0.05) is 30.9 Å². The largest absolute Gasteiger partial charge is 0.516 e. The van der Waals surface area contributed by atoms with Gasteiger partial charge in [0.1, 0.15) is 0 Å². The molecule has 0 aliphatic heterocycles. The number of hydrogen-bond donors (Lipinski definition) is 2. The van der Waals surface area contributed by atoms with Gasteiger partial charge in [-0.3, -0.25) is 0 Å². The number of hydrogen-bond acceptors (Lipinski definition) is 2. The van der Waals surface area contributed by atoms with E-state index in [1.54, 1.807) is 18.2 Å². The van der Waals surface area contributed by atoms with Crippen molar-refractivity contribution in [1.82, 2.24) is 5.32 Å². The van der Waals surface area contributed by atoms with Crippen molar-refractivity contribution < 1.29 is 5.11 Å². The Morgan fingerprint density at radius 1 is 1.25 bits per heavy atom. The van der Waals surface area contributed by atoms with Gasteiger partial charge in [-0.25, -0.2) is 0 Å². The third-order valence-corrected chi connectivity index (χ3v) is 0.778. The summed E-state index contributed by atoms with van der Waals surface area (Å²) in [4.78, 5) is 0. The van der Waals surface area contributed by atoms with Crippen LogP contribution in [0.25, 0.3) is 0 Å². The van der Waals surface area contributed by atoms with Gasteiger partial charge in [0.05, 0.1) is 6.26 Å². The van der Waals surface area contributed by atoms with Gasteiger partial charge >= 0.3 is 0 Å². The maximum Gasteiger partial charge on any atom is 0.0791 e. The third-order valence-electron chi connectivity index (χ3n) is 0.778. The molecule has 0 saturated heterocycles. The normalized spacial score (nSPS) is 10.2. The topological polar surface area (TPSA) is 32.3 Å². The van der Waals surface area contributed by atoms with E-state index in [4.69, 9.17) is 5.11 Å². The molecule has 0 radical (unpaired) electrons. The Labute approximate surface area is 74.6 Å². The van der Waals surface area contributed by atoms with Crippen molar-refractivity contribution in [2.24, 2.45) is 0 Å². The molecular weight excluding hydrogens is 150 g/mol. The van der Waals surface area contributed by atoms with Crippen LogP contribution in [0, 0.1) is 0 Å². The predicted octanol–water partition coefficient (Wildman–Crippen LogP) is 2.54. The van der Waals surface area contributed by atoms with Gasteiger partial charge in [-0.05, 0) is 19.2 Å². The van der Waals surface area contributed by atoms with Crippen LogP contribution >= 0.6 is 0 Å². The summed E-state index contributed by atoms with van der Waals surface area (Å²) in [6.07, 6.45) is 11.4. The van der Waals surface area contributed by atoms with Crippen LogP contribution in [0.3, 0.4) is 0 Å². The molecule has 68 valence electrons. The second-order valence-corrected chi connectivity index (χ2v) is 1.75. The van der Waals surface area contributed by atoms with E-state index in [2.05, 4.69) is 11.9 Å². The minimum atomic E-state index is 0.972. The molecule has 0 aliphatic carbocycles. The third kappa shape index (κ3) is 23.5. The molecule has 0 rings (SSSR count). The number of aliphatic hydroxyl groups excluding tert-OH is 1. The van der Waals surface area contributed by atoms with Crippen LogP contribution in [0.1, 0.15) is 6.92 Å². The molecule has 0 atom stereocenters. The highest BCUT2D eigenvalue weighted by Crippen LogP contribution is 1.72. The molecule has 0 spiro atoms. The molecule has 0 saturated carbocycles. The highest BCUT2D eigenvalue weighted by atomic mass is 16.2. The first-order chi connectivity index (χ1) is 5.83. The molecule has 0 amide bonds. The predicted molar refractivity (Wildman–Crippen MR) is 55.0 cm³/mol. The molecule has 0 aromatic rings. The molecule has 0 aromatic carbocycles. The number of nitrogens with one attached hydrogen (secondary N) is 1. The van der Waals surface area contributed by atoms with Crippen molar-refractivity contribution in [2.45, 2.75) is 6.92 Å². The van der Waals surface area contributed by atoms with Crippen molar-refractivity contribution in [3.63, 3.8) is 0 Å². The first-order valence-electron chi connectivity index (χ1n) is 3.70. The lowest BCUT2D eigenvalue weighted by Gasteiger charge is -1.75. The lowest BCUT2D eigenvalue weighted by Crippen LogP contribution is -1.89. The number of allylic oxidation sites excluding steroid dienone is 5. The summed E-state index contributed by atoms with van der Waals surface area (Å²) in [6.45, 7) is 5.40. The maximum atomic E-state index is 8.03. The van der Waals surface area contributed by atoms with Gasteiger partial charge in [0, 0.05) is 7.05 Å². The van der Waals surface area contributed by atoms with Crippen molar-refractivity contribution in [1.29, 1.82) is 0 Å². The fourth-order valence-corrected chi connectivity index (χ4v) is 0.359. The molecule has 0 bridgehead atoms. The number of aliphatic hydroxyl groups is 1. The van der Waals surface area contributed by atoms with Crippen molar-refractivity contribution >= 4 is 0 Å². The van der Waals surface area contributed by atoms with Crippen molar-refractivity contribution in [2.75, 3.05) is 7.05 Å². The zero-order chi connectivity index (χ0) is 9.66. The van der Waals surface area contributed by atoms with E-state index < -0.39 is 0 Å². The molecule has 2 heteroatoms. The van der Waals surface area contributed by atoms with Crippen LogP contribution in [0.5, 0.6) is 0 Å². The lowest BCUT2D eigenvalue weighted by molar-refractivity contribution is 0.474. The molecule has 2 N–H and O–H groups in total. The molecule has 2 nitrogen and oxygen atoms in total. The first kappa shape index (κ1) is 13.2. The van der Waals surface area contributed by atoms with Crippen LogP contribution in [0.4, 0.5) is 0 Å². The summed E-state index contributed by atoms with van der Waals surface area (Å²) in [5.41, 5.74) is 0. The monoisotopic (exact) mass is 167 g/mol. The Balaban J connectivity index is 0. The highest BCUT2D eigenvalue weighted by molar-refractivity contribution is 5.06. The first-order valence-corrected chi connectivity index (χ1v) is 3.70. The molecule has 0 heterocycles. The Bertz CT molecular complexity index is 157. The van der Waals surface area contributed by atoms with E-state index in [0.717, 1.165) is 6.26 Å². The van der Waals surface area contributed by atoms with Crippen LogP contribution in [0.2, 0.25) is 0 Å². The van der Waals surface area contributed by atoms with Gasteiger partial charge in [-0.2, -0.15) is 0 Å². The van der Waals surface area contributed by atoms with Gasteiger partial charge in [0.2, 0.25) is 0 Å². The average Bonchev–Trinajstić information content (AvgIpc) is 2.08. The minimum Gasteiger partial charge on any atom is -0.516 e. The Kier molecular flexibility index (Phi) is 17.9. The van der Waals surface area contributed by atoms with Crippen molar-refractivity contribution in [3.8, 4) is 0 Å². The molecular formula is C10H17NO. The Hall–Kier alpha value is -1.44. The standard InChI is InChI=1S/C6H8O.C4H9N/c1-2-3-4-5-6-7;1-3-4-5-2/h2-7H,1H2;3-5H,1-2H3/b4-3?,6-5-;4-3-. The summed E-state index contributed by atoms with van der Waals surface area (Å²) in [5.74, 6) is 0. The fraction of sp³-hybridized carbons (Fsp3) is 0.200. The Morgan fingerprint density at radius 2 is 1.92 bits per heavy atom. The van der Waals surface area contributed by atoms with Gasteiger partial charge < -0.3 is 10.4 Å². The van der Waals surface area contributed by atoms with Crippen LogP contribution in [-0.2, 0) is 0 Å². The summed E-state index contributed by atoms with van der Waals surface area (Å²) in [6, 6.07) is 0. The van der Waals surface area contributed by atoms with E-state index >= 15 is 0 Å². The zero-order valence-corrected chi connectivity index (χ0v) is 7.70. The fourth-order valence-electron chi connectivity index (χ4n) is 0.359. The maximum absolute atomic E-state index is 8.03. The quantitative estimate of drug-likeness (QED) is 0.500. The summed E-state index contributed by atoms with van der Waals surface area (Å²) < 4.78 is 0. The van der Waals surface area contributed by atoms with Gasteiger partial charge in [0.25, 0.3) is 0 Å². The van der Waals surface area contributed by atoms with Crippen LogP contribution < -0.4 is 5.32 Å². The van der Waals surface area contributed by atoms with E-state index in [9.17, 15) is 0 Å². The van der Waals surface area contributed by atoms with E-state index in [-0.39, 0.29) is 0 Å². The lowest BCUT2D eigenvalue weighted by atomic mass is 10.5. The average molecular weight is 167 g/mol. The van der Waals surface area contributed by atoms with Crippen LogP contribution in [-0.4, -0.2) is 12.2 Å². The second-order valence-electron chi connectivity index (χ2n) is 1.75. The smallest absolute Gasteiger partial charge is 0.0791 e. The second kappa shape index (κ2) is 16.3. The van der Waals surface area contributed by atoms with Gasteiger partial charge in [0.15, 0.2) is 0 Å². The highest BCUT2D eigenvalue weighted by Gasteiger charge is 1.53. The molecule has 0 aromatic heterocycles. The zero-order valence-electron chi connectivity index (χ0n) is 7.70. The van der Waals surface area contributed by atoms with E-state index in [1.165, 1.54) is 6.08 Å².